The number of nitrogens with zero attached hydrogens (tertiary/aromatic N) is 3. The van der Waals surface area contributed by atoms with Gasteiger partial charge in [-0.1, -0.05) is 6.07 Å². The van der Waals surface area contributed by atoms with Gasteiger partial charge in [0.15, 0.2) is 11.4 Å². The Morgan fingerprint density at radius 2 is 2.07 bits per heavy atom. The van der Waals surface area contributed by atoms with Gasteiger partial charge in [-0.05, 0) is 43.4 Å². The Morgan fingerprint density at radius 3 is 2.89 bits per heavy atom. The van der Waals surface area contributed by atoms with Crippen LogP contribution in [0.25, 0.3) is 16.6 Å². The maximum absolute atomic E-state index is 13.0. The van der Waals surface area contributed by atoms with E-state index in [1.165, 1.54) is 4.40 Å². The van der Waals surface area contributed by atoms with E-state index < -0.39 is 0 Å². The van der Waals surface area contributed by atoms with Crippen LogP contribution in [-0.2, 0) is 6.54 Å². The van der Waals surface area contributed by atoms with Crippen LogP contribution in [0, 0.1) is 0 Å². The highest BCUT2D eigenvalue weighted by Gasteiger charge is 2.15. The van der Waals surface area contributed by atoms with Gasteiger partial charge in [-0.3, -0.25) is 14.2 Å². The van der Waals surface area contributed by atoms with E-state index in [1.54, 1.807) is 38.7 Å². The first-order valence-corrected chi connectivity index (χ1v) is 8.56. The fraction of sp³-hybridized carbons (Fsp3) is 0.150. The topological polar surface area (TPSA) is 80.6 Å². The highest BCUT2D eigenvalue weighted by Crippen LogP contribution is 2.24. The summed E-state index contributed by atoms with van der Waals surface area (Å²) in [7, 11) is 3.36. The van der Waals surface area contributed by atoms with E-state index in [1.807, 2.05) is 30.3 Å². The molecule has 0 unspecified atom stereocenters. The molecule has 0 radical (unpaired) electrons. The number of nitrogens with one attached hydrogen (secondary N) is 2. The third-order valence-electron chi connectivity index (χ3n) is 4.35. The van der Waals surface area contributed by atoms with E-state index in [4.69, 9.17) is 4.74 Å². The largest absolute Gasteiger partial charge is 0.493 e. The van der Waals surface area contributed by atoms with Gasteiger partial charge >= 0.3 is 0 Å². The van der Waals surface area contributed by atoms with E-state index in [9.17, 15) is 4.79 Å². The predicted molar refractivity (Wildman–Crippen MR) is 106 cm³/mol. The number of rotatable bonds is 5. The first-order chi connectivity index (χ1) is 13.2. The average Bonchev–Trinajstić information content (AvgIpc) is 2.70. The molecule has 0 saturated carbocycles. The lowest BCUT2D eigenvalue weighted by Crippen LogP contribution is -2.25. The van der Waals surface area contributed by atoms with Gasteiger partial charge in [0.05, 0.1) is 18.2 Å². The van der Waals surface area contributed by atoms with Crippen molar-refractivity contribution in [2.45, 2.75) is 6.54 Å². The summed E-state index contributed by atoms with van der Waals surface area (Å²) in [5.41, 5.74) is 2.62. The summed E-state index contributed by atoms with van der Waals surface area (Å²) in [6.07, 6.45) is 3.45. The molecule has 7 heteroatoms. The number of benzene rings is 1. The summed E-state index contributed by atoms with van der Waals surface area (Å²) in [6.45, 7) is 0.392. The molecule has 1 aromatic carbocycles. The summed E-state index contributed by atoms with van der Waals surface area (Å²) in [5, 5.41) is 7.33. The lowest BCUT2D eigenvalue weighted by Gasteiger charge is -2.14. The van der Waals surface area contributed by atoms with Crippen LogP contribution >= 0.6 is 0 Å². The van der Waals surface area contributed by atoms with Gasteiger partial charge in [-0.25, -0.2) is 4.98 Å². The molecule has 0 aliphatic carbocycles. The minimum atomic E-state index is -0.141. The van der Waals surface area contributed by atoms with Gasteiger partial charge in [0.2, 0.25) is 0 Å². The number of aromatic nitrogens is 3. The number of anilines is 2. The molecule has 2 N–H and O–H groups in total. The second-order valence-electron chi connectivity index (χ2n) is 6.08. The Labute approximate surface area is 155 Å². The normalized spacial score (nSPS) is 11.0. The second-order valence-corrected chi connectivity index (χ2v) is 6.08. The average molecular weight is 361 g/mol. The fourth-order valence-electron chi connectivity index (χ4n) is 3.06. The molecule has 136 valence electrons. The van der Waals surface area contributed by atoms with E-state index in [0.717, 1.165) is 16.6 Å². The van der Waals surface area contributed by atoms with Crippen molar-refractivity contribution in [3.8, 4) is 5.75 Å². The summed E-state index contributed by atoms with van der Waals surface area (Å²) >= 11 is 0. The van der Waals surface area contributed by atoms with Crippen LogP contribution in [0.15, 0.2) is 59.7 Å². The van der Waals surface area contributed by atoms with Gasteiger partial charge in [0.1, 0.15) is 5.82 Å². The molecular weight excluding hydrogens is 342 g/mol. The van der Waals surface area contributed by atoms with Crippen LogP contribution in [0.1, 0.15) is 5.56 Å². The minimum absolute atomic E-state index is 0.141. The highest BCUT2D eigenvalue weighted by molar-refractivity contribution is 5.83. The first kappa shape index (κ1) is 17.0. The van der Waals surface area contributed by atoms with Crippen molar-refractivity contribution in [1.29, 1.82) is 0 Å². The van der Waals surface area contributed by atoms with E-state index in [0.29, 0.717) is 29.3 Å². The van der Waals surface area contributed by atoms with Gasteiger partial charge in [0.25, 0.3) is 5.56 Å². The first-order valence-electron chi connectivity index (χ1n) is 8.56. The third kappa shape index (κ3) is 3.09. The van der Waals surface area contributed by atoms with Gasteiger partial charge < -0.3 is 15.4 Å². The minimum Gasteiger partial charge on any atom is -0.493 e. The maximum atomic E-state index is 13.0. The van der Waals surface area contributed by atoms with Crippen LogP contribution in [0.3, 0.4) is 0 Å². The predicted octanol–water partition coefficient (Wildman–Crippen LogP) is 2.71. The Morgan fingerprint density at radius 1 is 1.19 bits per heavy atom. The van der Waals surface area contributed by atoms with Crippen molar-refractivity contribution >= 4 is 28.1 Å². The number of pyridine rings is 2. The van der Waals surface area contributed by atoms with Gasteiger partial charge in [-0.2, -0.15) is 0 Å². The molecule has 4 aromatic rings. The summed E-state index contributed by atoms with van der Waals surface area (Å²) in [4.78, 5) is 22.0. The monoisotopic (exact) mass is 361 g/mol. The van der Waals surface area contributed by atoms with Crippen LogP contribution in [-0.4, -0.2) is 28.5 Å². The Kier molecular flexibility index (Phi) is 4.43. The molecule has 0 spiro atoms. The van der Waals surface area contributed by atoms with Crippen LogP contribution in [0.5, 0.6) is 5.75 Å². The number of methoxy groups -OCH3 is 1. The molecule has 27 heavy (non-hydrogen) atoms. The number of hydrogen-bond donors (Lipinski definition) is 2. The van der Waals surface area contributed by atoms with Crippen LogP contribution < -0.4 is 20.9 Å². The van der Waals surface area contributed by atoms with Gasteiger partial charge in [-0.15, -0.1) is 0 Å². The smallest absolute Gasteiger partial charge is 0.264 e. The summed E-state index contributed by atoms with van der Waals surface area (Å²) < 4.78 is 6.87. The fourth-order valence-corrected chi connectivity index (χ4v) is 3.06. The standard InChI is InChI=1S/C20H19N5O2/c1-21-12-15-18(23-14-7-8-16-13(11-14)5-3-9-22-16)24-19-17(27-2)6-4-10-25(19)20(15)26/h3-11,21,23H,12H2,1-2H3. The van der Waals surface area contributed by atoms with Crippen molar-refractivity contribution < 1.29 is 4.74 Å². The number of hydrogen-bond acceptors (Lipinski definition) is 6. The molecule has 3 aromatic heterocycles. The van der Waals surface area contributed by atoms with Crippen LogP contribution in [0.2, 0.25) is 0 Å². The molecule has 7 nitrogen and oxygen atoms in total. The zero-order valence-electron chi connectivity index (χ0n) is 15.1. The molecule has 0 saturated heterocycles. The maximum Gasteiger partial charge on any atom is 0.264 e. The lowest BCUT2D eigenvalue weighted by atomic mass is 10.2. The van der Waals surface area contributed by atoms with Gasteiger partial charge in [0, 0.05) is 30.0 Å². The quantitative estimate of drug-likeness (QED) is 0.569. The molecule has 0 atom stereocenters. The Hall–Kier alpha value is -3.45. The third-order valence-corrected chi connectivity index (χ3v) is 4.35. The van der Waals surface area contributed by atoms with Crippen molar-refractivity contribution in [1.82, 2.24) is 19.7 Å². The SMILES string of the molecule is CNCc1c(Nc2ccc3ncccc3c2)nc2c(OC)cccn2c1=O. The van der Waals surface area contributed by atoms with Crippen molar-refractivity contribution in [3.63, 3.8) is 0 Å². The molecule has 0 fully saturated rings. The van der Waals surface area contributed by atoms with E-state index in [2.05, 4.69) is 20.6 Å². The summed E-state index contributed by atoms with van der Waals surface area (Å²) in [5.74, 6) is 1.04. The molecule has 4 rings (SSSR count). The Balaban J connectivity index is 1.87. The van der Waals surface area contributed by atoms with Crippen molar-refractivity contribution in [3.05, 3.63) is 70.8 Å². The zero-order chi connectivity index (χ0) is 18.8. The molecule has 0 aliphatic rings. The summed E-state index contributed by atoms with van der Waals surface area (Å²) in [6, 6.07) is 13.3. The van der Waals surface area contributed by atoms with Crippen LogP contribution in [0.4, 0.5) is 11.5 Å². The highest BCUT2D eigenvalue weighted by atomic mass is 16.5. The second kappa shape index (κ2) is 7.05. The molecule has 3 heterocycles. The Bertz CT molecular complexity index is 1190. The van der Waals surface area contributed by atoms with E-state index in [-0.39, 0.29) is 5.56 Å². The zero-order valence-corrected chi connectivity index (χ0v) is 15.1. The lowest BCUT2D eigenvalue weighted by molar-refractivity contribution is 0.416. The molecule has 0 bridgehead atoms. The molecule has 0 amide bonds. The molecular formula is C20H19N5O2. The van der Waals surface area contributed by atoms with E-state index >= 15 is 0 Å². The number of fused-ring (bicyclic) bond motifs is 2. The van der Waals surface area contributed by atoms with Crippen molar-refractivity contribution in [2.75, 3.05) is 19.5 Å². The van der Waals surface area contributed by atoms with Crippen molar-refractivity contribution in [2.24, 2.45) is 0 Å². The number of ether oxygens (including phenoxy) is 1. The molecule has 0 aliphatic heterocycles.